The molecular weight excluding hydrogens is 228 g/mol. The molecule has 2 aromatic heterocycles. The zero-order valence-corrected chi connectivity index (χ0v) is 9.99. The maximum atomic E-state index is 11.1. The summed E-state index contributed by atoms with van der Waals surface area (Å²) in [7, 11) is 0. The molecular formula is C13H14N4O. The summed E-state index contributed by atoms with van der Waals surface area (Å²) in [5.41, 5.74) is 1.86. The van der Waals surface area contributed by atoms with Gasteiger partial charge in [0, 0.05) is 18.6 Å². The van der Waals surface area contributed by atoms with E-state index in [0.29, 0.717) is 23.0 Å². The third kappa shape index (κ3) is 1.92. The molecule has 18 heavy (non-hydrogen) atoms. The van der Waals surface area contributed by atoms with Gasteiger partial charge in [-0.2, -0.15) is 5.10 Å². The number of carbonyl (C=O) groups is 1. The maximum Gasteiger partial charge on any atom is 0.153 e. The van der Waals surface area contributed by atoms with Gasteiger partial charge in [0.05, 0.1) is 17.8 Å². The Morgan fingerprint density at radius 3 is 2.78 bits per heavy atom. The van der Waals surface area contributed by atoms with Crippen molar-refractivity contribution in [1.82, 2.24) is 19.7 Å². The zero-order valence-electron chi connectivity index (χ0n) is 9.99. The molecule has 0 atom stereocenters. The van der Waals surface area contributed by atoms with Crippen LogP contribution in [0.25, 0.3) is 11.4 Å². The van der Waals surface area contributed by atoms with Gasteiger partial charge in [-0.1, -0.05) is 12.8 Å². The monoisotopic (exact) mass is 242 g/mol. The van der Waals surface area contributed by atoms with Crippen LogP contribution in [0.2, 0.25) is 0 Å². The van der Waals surface area contributed by atoms with Crippen molar-refractivity contribution in [2.45, 2.75) is 31.7 Å². The van der Waals surface area contributed by atoms with Crippen LogP contribution in [0, 0.1) is 0 Å². The van der Waals surface area contributed by atoms with Crippen LogP contribution in [0.4, 0.5) is 0 Å². The predicted molar refractivity (Wildman–Crippen MR) is 66.1 cm³/mol. The van der Waals surface area contributed by atoms with E-state index in [4.69, 9.17) is 0 Å². The highest BCUT2D eigenvalue weighted by Gasteiger charge is 2.20. The van der Waals surface area contributed by atoms with Crippen molar-refractivity contribution in [3.05, 3.63) is 30.4 Å². The van der Waals surface area contributed by atoms with Crippen molar-refractivity contribution in [3.63, 3.8) is 0 Å². The fourth-order valence-corrected chi connectivity index (χ4v) is 2.47. The van der Waals surface area contributed by atoms with Gasteiger partial charge in [-0.3, -0.25) is 19.4 Å². The molecule has 1 fully saturated rings. The number of carbonyl (C=O) groups excluding carboxylic acids is 1. The lowest BCUT2D eigenvalue weighted by atomic mass is 10.2. The van der Waals surface area contributed by atoms with Gasteiger partial charge in [-0.15, -0.1) is 0 Å². The van der Waals surface area contributed by atoms with Gasteiger partial charge < -0.3 is 0 Å². The minimum absolute atomic E-state index is 0.425. The quantitative estimate of drug-likeness (QED) is 0.774. The van der Waals surface area contributed by atoms with Crippen LogP contribution in [0.15, 0.2) is 24.8 Å². The van der Waals surface area contributed by atoms with E-state index in [2.05, 4.69) is 15.1 Å². The molecule has 1 saturated carbocycles. The molecule has 92 valence electrons. The van der Waals surface area contributed by atoms with Crippen molar-refractivity contribution in [3.8, 4) is 11.4 Å². The first-order valence-electron chi connectivity index (χ1n) is 6.19. The van der Waals surface area contributed by atoms with E-state index in [1.54, 1.807) is 18.6 Å². The van der Waals surface area contributed by atoms with Gasteiger partial charge in [0.15, 0.2) is 6.29 Å². The van der Waals surface area contributed by atoms with Gasteiger partial charge >= 0.3 is 0 Å². The molecule has 0 aliphatic heterocycles. The molecule has 0 N–H and O–H groups in total. The van der Waals surface area contributed by atoms with E-state index < -0.39 is 0 Å². The summed E-state index contributed by atoms with van der Waals surface area (Å²) < 4.78 is 1.92. The Kier molecular flexibility index (Phi) is 2.88. The van der Waals surface area contributed by atoms with Crippen LogP contribution in [0.1, 0.15) is 42.1 Å². The third-order valence-corrected chi connectivity index (χ3v) is 3.39. The summed E-state index contributed by atoms with van der Waals surface area (Å²) in [5.74, 6) is 0. The largest absolute Gasteiger partial charge is 0.298 e. The van der Waals surface area contributed by atoms with Crippen LogP contribution in [-0.4, -0.2) is 26.0 Å². The molecule has 0 aromatic carbocycles. The highest BCUT2D eigenvalue weighted by Crippen LogP contribution is 2.30. The summed E-state index contributed by atoms with van der Waals surface area (Å²) in [6, 6.07) is 0.425. The van der Waals surface area contributed by atoms with Gasteiger partial charge in [0.2, 0.25) is 0 Å². The van der Waals surface area contributed by atoms with Crippen molar-refractivity contribution in [2.75, 3.05) is 0 Å². The molecule has 0 bridgehead atoms. The minimum Gasteiger partial charge on any atom is -0.298 e. The number of aldehydes is 1. The maximum absolute atomic E-state index is 11.1. The number of rotatable bonds is 3. The van der Waals surface area contributed by atoms with Gasteiger partial charge in [0.25, 0.3) is 0 Å². The molecule has 5 heteroatoms. The first kappa shape index (κ1) is 11.1. The second kappa shape index (κ2) is 4.68. The van der Waals surface area contributed by atoms with Crippen molar-refractivity contribution in [1.29, 1.82) is 0 Å². The van der Waals surface area contributed by atoms with E-state index in [1.165, 1.54) is 12.8 Å². The summed E-state index contributed by atoms with van der Waals surface area (Å²) >= 11 is 0. The number of hydrogen-bond donors (Lipinski definition) is 0. The lowest BCUT2D eigenvalue weighted by Crippen LogP contribution is -2.05. The van der Waals surface area contributed by atoms with Crippen molar-refractivity contribution < 1.29 is 4.79 Å². The highest BCUT2D eigenvalue weighted by molar-refractivity contribution is 5.84. The van der Waals surface area contributed by atoms with E-state index >= 15 is 0 Å². The van der Waals surface area contributed by atoms with E-state index in [-0.39, 0.29) is 0 Å². The van der Waals surface area contributed by atoms with Crippen LogP contribution in [-0.2, 0) is 0 Å². The fourth-order valence-electron chi connectivity index (χ4n) is 2.47. The molecule has 0 saturated heterocycles. The molecule has 0 unspecified atom stereocenters. The fraction of sp³-hybridized carbons (Fsp3) is 0.385. The number of nitrogens with zero attached hydrogens (tertiary/aromatic N) is 4. The number of hydrogen-bond acceptors (Lipinski definition) is 4. The first-order valence-corrected chi connectivity index (χ1v) is 6.19. The summed E-state index contributed by atoms with van der Waals surface area (Å²) in [6.07, 6.45) is 12.3. The Morgan fingerprint density at radius 2 is 2.11 bits per heavy atom. The van der Waals surface area contributed by atoms with E-state index in [9.17, 15) is 4.79 Å². The third-order valence-electron chi connectivity index (χ3n) is 3.39. The normalized spacial score (nSPS) is 16.0. The predicted octanol–water partition coefficient (Wildman–Crippen LogP) is 2.27. The summed E-state index contributed by atoms with van der Waals surface area (Å²) in [5, 5.41) is 4.52. The molecule has 0 radical (unpaired) electrons. The van der Waals surface area contributed by atoms with Gasteiger partial charge in [0.1, 0.15) is 11.4 Å². The van der Waals surface area contributed by atoms with Crippen LogP contribution >= 0.6 is 0 Å². The second-order valence-electron chi connectivity index (χ2n) is 4.56. The Balaban J connectivity index is 2.01. The molecule has 0 spiro atoms. The molecule has 3 rings (SSSR count). The molecule has 2 aromatic rings. The average molecular weight is 242 g/mol. The summed E-state index contributed by atoms with van der Waals surface area (Å²) in [4.78, 5) is 19.3. The number of aromatic nitrogens is 4. The van der Waals surface area contributed by atoms with E-state index in [0.717, 1.165) is 19.1 Å². The zero-order chi connectivity index (χ0) is 12.4. The Bertz CT molecular complexity index is 543. The molecule has 1 aliphatic carbocycles. The molecule has 0 amide bonds. The smallest absolute Gasteiger partial charge is 0.153 e. The van der Waals surface area contributed by atoms with Crippen LogP contribution < -0.4 is 0 Å². The molecule has 2 heterocycles. The van der Waals surface area contributed by atoms with Crippen molar-refractivity contribution >= 4 is 6.29 Å². The lowest BCUT2D eigenvalue weighted by Gasteiger charge is -2.08. The Morgan fingerprint density at radius 1 is 1.28 bits per heavy atom. The van der Waals surface area contributed by atoms with Crippen LogP contribution in [0.3, 0.4) is 0 Å². The van der Waals surface area contributed by atoms with Crippen molar-refractivity contribution in [2.24, 2.45) is 0 Å². The molecule has 5 nitrogen and oxygen atoms in total. The first-order chi connectivity index (χ1) is 8.88. The summed E-state index contributed by atoms with van der Waals surface area (Å²) in [6.45, 7) is 0. The van der Waals surface area contributed by atoms with Gasteiger partial charge in [-0.25, -0.2) is 0 Å². The van der Waals surface area contributed by atoms with E-state index in [1.807, 2.05) is 10.9 Å². The highest BCUT2D eigenvalue weighted by atomic mass is 16.1. The minimum atomic E-state index is 0.425. The standard InChI is InChI=1S/C13H14N4O/c18-9-10-8-17(11-3-1-2-4-11)16-13(10)12-7-14-5-6-15-12/h5-9,11H,1-4H2. The average Bonchev–Trinajstić information content (AvgIpc) is 3.08. The SMILES string of the molecule is O=Cc1cn(C2CCCC2)nc1-c1cnccn1. The Hall–Kier alpha value is -2.04. The Labute approximate surface area is 105 Å². The van der Waals surface area contributed by atoms with Crippen LogP contribution in [0.5, 0.6) is 0 Å². The van der Waals surface area contributed by atoms with Gasteiger partial charge in [-0.05, 0) is 12.8 Å². The second-order valence-corrected chi connectivity index (χ2v) is 4.56. The topological polar surface area (TPSA) is 60.7 Å². The molecule has 1 aliphatic rings. The lowest BCUT2D eigenvalue weighted by molar-refractivity contribution is 0.112.